The maximum absolute atomic E-state index is 12.7. The molecule has 0 radical (unpaired) electrons. The van der Waals surface area contributed by atoms with Crippen LogP contribution in [0.5, 0.6) is 0 Å². The number of aryl methyl sites for hydroxylation is 1. The van der Waals surface area contributed by atoms with Gasteiger partial charge in [-0.2, -0.15) is 0 Å². The van der Waals surface area contributed by atoms with E-state index < -0.39 is 0 Å². The summed E-state index contributed by atoms with van der Waals surface area (Å²) in [6, 6.07) is 26.6. The van der Waals surface area contributed by atoms with E-state index in [2.05, 4.69) is 48.6 Å². The van der Waals surface area contributed by atoms with E-state index in [0.717, 1.165) is 34.4 Å². The smallest absolute Gasteiger partial charge is 0.256 e. The van der Waals surface area contributed by atoms with E-state index in [-0.39, 0.29) is 5.91 Å². The number of allylic oxidation sites excluding steroid dienone is 1. The van der Waals surface area contributed by atoms with Gasteiger partial charge in [-0.15, -0.1) is 0 Å². The molecular formula is C23H19NO. The van der Waals surface area contributed by atoms with E-state index in [0.29, 0.717) is 0 Å². The number of amides is 1. The van der Waals surface area contributed by atoms with Gasteiger partial charge in [-0.3, -0.25) is 4.79 Å². The second kappa shape index (κ2) is 6.40. The van der Waals surface area contributed by atoms with Gasteiger partial charge in [0.05, 0.1) is 5.57 Å². The molecular weight excluding hydrogens is 306 g/mol. The van der Waals surface area contributed by atoms with Crippen molar-refractivity contribution in [3.63, 3.8) is 0 Å². The standard InChI is InChI=1S/C23H19NO/c1-16-11-13-17(14-12-16)15-20(18-7-3-2-4-8-18)22-19-9-5-6-10-21(19)24-23(22)25/h2-14H,15H2,1H3,(H,24,25). The molecule has 0 spiro atoms. The first-order chi connectivity index (χ1) is 12.2. The van der Waals surface area contributed by atoms with Crippen molar-refractivity contribution in [1.82, 2.24) is 0 Å². The van der Waals surface area contributed by atoms with Crippen LogP contribution in [0.4, 0.5) is 5.69 Å². The molecule has 0 saturated heterocycles. The Morgan fingerprint density at radius 2 is 1.52 bits per heavy atom. The number of carbonyl (C=O) groups is 1. The van der Waals surface area contributed by atoms with Crippen LogP contribution in [-0.2, 0) is 11.2 Å². The number of hydrogen-bond donors (Lipinski definition) is 1. The molecule has 1 amide bonds. The Morgan fingerprint density at radius 1 is 0.840 bits per heavy atom. The Labute approximate surface area is 147 Å². The number of rotatable bonds is 3. The highest BCUT2D eigenvalue weighted by atomic mass is 16.2. The third-order valence-corrected chi connectivity index (χ3v) is 4.60. The summed E-state index contributed by atoms with van der Waals surface area (Å²) in [5.74, 6) is -0.0211. The molecule has 2 nitrogen and oxygen atoms in total. The highest BCUT2D eigenvalue weighted by molar-refractivity contribution is 6.36. The van der Waals surface area contributed by atoms with Crippen molar-refractivity contribution in [2.75, 3.05) is 5.32 Å². The van der Waals surface area contributed by atoms with Crippen molar-refractivity contribution in [3.05, 3.63) is 101 Å². The monoisotopic (exact) mass is 325 g/mol. The van der Waals surface area contributed by atoms with Crippen LogP contribution < -0.4 is 5.32 Å². The van der Waals surface area contributed by atoms with E-state index in [9.17, 15) is 4.79 Å². The first kappa shape index (κ1) is 15.4. The highest BCUT2D eigenvalue weighted by Gasteiger charge is 2.27. The Morgan fingerprint density at radius 3 is 2.28 bits per heavy atom. The first-order valence-corrected chi connectivity index (χ1v) is 8.47. The van der Waals surface area contributed by atoms with Gasteiger partial charge >= 0.3 is 0 Å². The van der Waals surface area contributed by atoms with Crippen LogP contribution in [0.25, 0.3) is 11.1 Å². The molecule has 1 aliphatic rings. The van der Waals surface area contributed by atoms with E-state index in [1.54, 1.807) is 0 Å². The Kier molecular flexibility index (Phi) is 3.95. The van der Waals surface area contributed by atoms with Crippen LogP contribution in [0.15, 0.2) is 78.9 Å². The van der Waals surface area contributed by atoms with Gasteiger partial charge in [-0.25, -0.2) is 0 Å². The van der Waals surface area contributed by atoms with Gasteiger partial charge in [0.15, 0.2) is 0 Å². The highest BCUT2D eigenvalue weighted by Crippen LogP contribution is 2.38. The molecule has 4 rings (SSSR count). The molecule has 0 bridgehead atoms. The van der Waals surface area contributed by atoms with Gasteiger partial charge < -0.3 is 5.32 Å². The lowest BCUT2D eigenvalue weighted by Gasteiger charge is -2.12. The molecule has 1 N–H and O–H groups in total. The van der Waals surface area contributed by atoms with Crippen molar-refractivity contribution >= 4 is 22.7 Å². The summed E-state index contributed by atoms with van der Waals surface area (Å²) in [5, 5.41) is 3.00. The third-order valence-electron chi connectivity index (χ3n) is 4.60. The van der Waals surface area contributed by atoms with Gasteiger partial charge in [0.1, 0.15) is 0 Å². The minimum absolute atomic E-state index is 0.0211. The molecule has 0 aromatic heterocycles. The number of para-hydroxylation sites is 1. The minimum atomic E-state index is -0.0211. The first-order valence-electron chi connectivity index (χ1n) is 8.47. The van der Waals surface area contributed by atoms with Crippen LogP contribution in [-0.4, -0.2) is 5.91 Å². The molecule has 0 unspecified atom stereocenters. The maximum Gasteiger partial charge on any atom is 0.256 e. The second-order valence-corrected chi connectivity index (χ2v) is 6.38. The second-order valence-electron chi connectivity index (χ2n) is 6.38. The number of carbonyl (C=O) groups excluding carboxylic acids is 1. The molecule has 0 fully saturated rings. The van der Waals surface area contributed by atoms with E-state index in [4.69, 9.17) is 0 Å². The van der Waals surface area contributed by atoms with Crippen LogP contribution in [0.1, 0.15) is 22.3 Å². The molecule has 122 valence electrons. The molecule has 3 aromatic rings. The fourth-order valence-corrected chi connectivity index (χ4v) is 3.30. The maximum atomic E-state index is 12.7. The van der Waals surface area contributed by atoms with E-state index in [1.165, 1.54) is 11.1 Å². The lowest BCUT2D eigenvalue weighted by atomic mass is 9.90. The van der Waals surface area contributed by atoms with Crippen LogP contribution >= 0.6 is 0 Å². The van der Waals surface area contributed by atoms with Gasteiger partial charge in [0.2, 0.25) is 0 Å². The molecule has 1 heterocycles. The predicted octanol–water partition coefficient (Wildman–Crippen LogP) is 5.10. The SMILES string of the molecule is Cc1ccc(CC(=C2C(=O)Nc3ccccc32)c2ccccc2)cc1. The lowest BCUT2D eigenvalue weighted by Crippen LogP contribution is -2.07. The molecule has 0 atom stereocenters. The van der Waals surface area contributed by atoms with Gasteiger partial charge in [0, 0.05) is 11.3 Å². The molecule has 2 heteroatoms. The normalized spacial score (nSPS) is 14.8. The van der Waals surface area contributed by atoms with E-state index >= 15 is 0 Å². The fourth-order valence-electron chi connectivity index (χ4n) is 3.30. The topological polar surface area (TPSA) is 29.1 Å². The zero-order chi connectivity index (χ0) is 17.2. The van der Waals surface area contributed by atoms with Gasteiger partial charge in [-0.1, -0.05) is 78.4 Å². The zero-order valence-electron chi connectivity index (χ0n) is 14.1. The summed E-state index contributed by atoms with van der Waals surface area (Å²) in [7, 11) is 0. The number of fused-ring (bicyclic) bond motifs is 1. The predicted molar refractivity (Wildman–Crippen MR) is 103 cm³/mol. The molecule has 0 aliphatic carbocycles. The number of benzene rings is 3. The molecule has 1 aliphatic heterocycles. The third kappa shape index (κ3) is 2.99. The van der Waals surface area contributed by atoms with Gasteiger partial charge in [-0.05, 0) is 36.1 Å². The summed E-state index contributed by atoms with van der Waals surface area (Å²) < 4.78 is 0. The van der Waals surface area contributed by atoms with Crippen molar-refractivity contribution in [1.29, 1.82) is 0 Å². The summed E-state index contributed by atoms with van der Waals surface area (Å²) in [6.45, 7) is 2.08. The van der Waals surface area contributed by atoms with E-state index in [1.807, 2.05) is 42.5 Å². The molecule has 3 aromatic carbocycles. The lowest BCUT2D eigenvalue weighted by molar-refractivity contribution is -0.110. The van der Waals surface area contributed by atoms with Crippen LogP contribution in [0, 0.1) is 6.92 Å². The summed E-state index contributed by atoms with van der Waals surface area (Å²) >= 11 is 0. The average molecular weight is 325 g/mol. The van der Waals surface area contributed by atoms with Crippen molar-refractivity contribution in [2.45, 2.75) is 13.3 Å². The van der Waals surface area contributed by atoms with Crippen LogP contribution in [0.2, 0.25) is 0 Å². The largest absolute Gasteiger partial charge is 0.321 e. The van der Waals surface area contributed by atoms with Crippen LogP contribution in [0.3, 0.4) is 0 Å². The Hall–Kier alpha value is -3.13. The van der Waals surface area contributed by atoms with Crippen molar-refractivity contribution in [2.24, 2.45) is 0 Å². The summed E-state index contributed by atoms with van der Waals surface area (Å²) in [5.41, 5.74) is 7.24. The number of hydrogen-bond acceptors (Lipinski definition) is 1. The zero-order valence-corrected chi connectivity index (χ0v) is 14.1. The quantitative estimate of drug-likeness (QED) is 0.667. The molecule has 0 saturated carbocycles. The number of nitrogens with one attached hydrogen (secondary N) is 1. The minimum Gasteiger partial charge on any atom is -0.321 e. The fraction of sp³-hybridized carbons (Fsp3) is 0.0870. The van der Waals surface area contributed by atoms with Crippen molar-refractivity contribution < 1.29 is 4.79 Å². The summed E-state index contributed by atoms with van der Waals surface area (Å²) in [4.78, 5) is 12.7. The van der Waals surface area contributed by atoms with Gasteiger partial charge in [0.25, 0.3) is 5.91 Å². The average Bonchev–Trinajstić information content (AvgIpc) is 2.98. The van der Waals surface area contributed by atoms with Crippen molar-refractivity contribution in [3.8, 4) is 0 Å². The summed E-state index contributed by atoms with van der Waals surface area (Å²) in [6.07, 6.45) is 0.724. The Balaban J connectivity index is 1.89. The molecule has 25 heavy (non-hydrogen) atoms. The Bertz CT molecular complexity index is 953. The number of anilines is 1.